The number of rotatable bonds is 5. The lowest BCUT2D eigenvalue weighted by molar-refractivity contribution is 0.656. The molecule has 4 heteroatoms. The van der Waals surface area contributed by atoms with Gasteiger partial charge in [0, 0.05) is 55.3 Å². The van der Waals surface area contributed by atoms with E-state index in [1.54, 1.807) is 0 Å². The maximum atomic E-state index is 6.40. The molecule has 11 aromatic rings. The van der Waals surface area contributed by atoms with Crippen molar-refractivity contribution in [3.05, 3.63) is 170 Å². The molecule has 0 fully saturated rings. The van der Waals surface area contributed by atoms with Crippen molar-refractivity contribution >= 4 is 77.2 Å². The Morgan fingerprint density at radius 2 is 0.788 bits per heavy atom. The van der Waals surface area contributed by atoms with Crippen LogP contribution >= 0.6 is 0 Å². The number of hydrogen-bond acceptors (Lipinski definition) is 4. The van der Waals surface area contributed by atoms with Crippen LogP contribution in [0.2, 0.25) is 0 Å². The molecule has 11 rings (SSSR count). The van der Waals surface area contributed by atoms with E-state index in [-0.39, 0.29) is 0 Å². The Kier molecular flexibility index (Phi) is 6.22. The van der Waals surface area contributed by atoms with E-state index in [2.05, 4.69) is 139 Å². The molecule has 0 radical (unpaired) electrons. The van der Waals surface area contributed by atoms with E-state index in [1.807, 2.05) is 36.4 Å². The molecular weight excluding hydrogens is 639 g/mol. The molecule has 0 aliphatic carbocycles. The molecule has 3 aromatic heterocycles. The van der Waals surface area contributed by atoms with Gasteiger partial charge >= 0.3 is 0 Å². The Morgan fingerprint density at radius 1 is 0.288 bits per heavy atom. The minimum Gasteiger partial charge on any atom is -0.456 e. The molecule has 0 aliphatic rings. The van der Waals surface area contributed by atoms with Crippen LogP contribution in [0.15, 0.2) is 183 Å². The molecule has 0 atom stereocenters. The zero-order valence-corrected chi connectivity index (χ0v) is 27.9. The summed E-state index contributed by atoms with van der Waals surface area (Å²) in [4.78, 5) is 0. The van der Waals surface area contributed by atoms with Gasteiger partial charge in [-0.1, -0.05) is 91.0 Å². The van der Waals surface area contributed by atoms with E-state index in [9.17, 15) is 0 Å². The summed E-state index contributed by atoms with van der Waals surface area (Å²) in [7, 11) is 0. The van der Waals surface area contributed by atoms with E-state index in [0.29, 0.717) is 0 Å². The first-order valence-corrected chi connectivity index (χ1v) is 17.5. The summed E-state index contributed by atoms with van der Waals surface area (Å²) in [5.74, 6) is 0. The first-order chi connectivity index (χ1) is 25.7. The van der Waals surface area contributed by atoms with Crippen molar-refractivity contribution in [1.29, 1.82) is 0 Å². The van der Waals surface area contributed by atoms with Crippen molar-refractivity contribution in [2.45, 2.75) is 0 Å². The van der Waals surface area contributed by atoms with E-state index in [4.69, 9.17) is 13.3 Å². The Bertz CT molecular complexity index is 3160. The topological polar surface area (TPSA) is 51.5 Å². The number of fused-ring (bicyclic) bond motifs is 9. The summed E-state index contributed by atoms with van der Waals surface area (Å²) in [5, 5.41) is 10.1. The van der Waals surface area contributed by atoms with Crippen LogP contribution in [0.5, 0.6) is 0 Å². The molecule has 0 bridgehead atoms. The summed E-state index contributed by atoms with van der Waals surface area (Å²) in [6.07, 6.45) is 0. The van der Waals surface area contributed by atoms with Gasteiger partial charge in [0.2, 0.25) is 0 Å². The van der Waals surface area contributed by atoms with E-state index < -0.39 is 0 Å². The van der Waals surface area contributed by atoms with E-state index >= 15 is 0 Å². The lowest BCUT2D eigenvalue weighted by atomic mass is 9.97. The molecule has 0 spiro atoms. The Balaban J connectivity index is 1.000. The molecule has 52 heavy (non-hydrogen) atoms. The molecule has 244 valence electrons. The van der Waals surface area contributed by atoms with Gasteiger partial charge in [-0.2, -0.15) is 0 Å². The monoisotopic (exact) mass is 667 g/mol. The maximum Gasteiger partial charge on any atom is 0.139 e. The average Bonchev–Trinajstić information content (AvgIpc) is 3.87. The van der Waals surface area contributed by atoms with Crippen LogP contribution in [-0.2, 0) is 0 Å². The summed E-state index contributed by atoms with van der Waals surface area (Å²) >= 11 is 0. The molecular formula is C48H29NO3. The van der Waals surface area contributed by atoms with Gasteiger partial charge in [0.15, 0.2) is 0 Å². The zero-order chi connectivity index (χ0) is 34.2. The second-order valence-corrected chi connectivity index (χ2v) is 13.4. The normalized spacial score (nSPS) is 11.8. The highest BCUT2D eigenvalue weighted by molar-refractivity contribution is 6.16. The molecule has 0 saturated carbocycles. The number of furan rings is 3. The molecule has 0 saturated heterocycles. The third-order valence-electron chi connectivity index (χ3n) is 10.3. The van der Waals surface area contributed by atoms with Gasteiger partial charge in [-0.05, 0) is 101 Å². The fraction of sp³-hybridized carbons (Fsp3) is 0. The van der Waals surface area contributed by atoms with Crippen LogP contribution < -0.4 is 5.32 Å². The van der Waals surface area contributed by atoms with Crippen LogP contribution in [0.25, 0.3) is 99.2 Å². The van der Waals surface area contributed by atoms with Crippen molar-refractivity contribution in [3.63, 3.8) is 0 Å². The molecule has 4 nitrogen and oxygen atoms in total. The highest BCUT2D eigenvalue weighted by Gasteiger charge is 2.16. The molecule has 0 unspecified atom stereocenters. The predicted octanol–water partition coefficient (Wildman–Crippen LogP) is 14.1. The minimum atomic E-state index is 0.811. The molecule has 8 aromatic carbocycles. The fourth-order valence-electron chi connectivity index (χ4n) is 7.70. The van der Waals surface area contributed by atoms with Gasteiger partial charge in [0.05, 0.1) is 0 Å². The lowest BCUT2D eigenvalue weighted by Crippen LogP contribution is -1.93. The number of para-hydroxylation sites is 3. The fourth-order valence-corrected chi connectivity index (χ4v) is 7.70. The molecule has 1 N–H and O–H groups in total. The number of anilines is 2. The van der Waals surface area contributed by atoms with Crippen molar-refractivity contribution in [2.24, 2.45) is 0 Å². The minimum absolute atomic E-state index is 0.811. The van der Waals surface area contributed by atoms with Crippen molar-refractivity contribution < 1.29 is 13.3 Å². The van der Waals surface area contributed by atoms with E-state index in [1.165, 1.54) is 0 Å². The second kappa shape index (κ2) is 11.2. The number of benzene rings is 8. The summed E-state index contributed by atoms with van der Waals surface area (Å²) in [6, 6.07) is 59.3. The Hall–Kier alpha value is -7.04. The zero-order valence-electron chi connectivity index (χ0n) is 27.9. The first kappa shape index (κ1) is 28.8. The van der Waals surface area contributed by atoms with Gasteiger partial charge in [0.1, 0.15) is 33.5 Å². The standard InChI is InChI=1S/C48H29NO3/c1-2-11-34(12-3-1)49-42-15-6-4-13-35(42)33-10-8-9-29(23-33)30-17-21-45-38(25-30)40-27-41-39-26-32(19-22-46(39)52-48(41)28-47(40)51-45)31-18-20-44-37(24-31)36-14-5-7-16-43(36)50-44/h1-28,49H. The molecule has 0 aliphatic heterocycles. The summed E-state index contributed by atoms with van der Waals surface area (Å²) in [6.45, 7) is 0. The van der Waals surface area contributed by atoms with Crippen molar-refractivity contribution in [1.82, 2.24) is 0 Å². The quantitative estimate of drug-likeness (QED) is 0.198. The Morgan fingerprint density at radius 3 is 1.48 bits per heavy atom. The van der Waals surface area contributed by atoms with Crippen molar-refractivity contribution in [2.75, 3.05) is 5.32 Å². The molecule has 0 amide bonds. The van der Waals surface area contributed by atoms with Crippen LogP contribution in [0.1, 0.15) is 0 Å². The summed E-state index contributed by atoms with van der Waals surface area (Å²) in [5.41, 5.74) is 14.1. The van der Waals surface area contributed by atoms with Gasteiger partial charge < -0.3 is 18.6 Å². The number of hydrogen-bond donors (Lipinski definition) is 1. The maximum absolute atomic E-state index is 6.40. The van der Waals surface area contributed by atoms with Crippen LogP contribution in [-0.4, -0.2) is 0 Å². The average molecular weight is 668 g/mol. The van der Waals surface area contributed by atoms with E-state index in [0.717, 1.165) is 111 Å². The SMILES string of the molecule is c1ccc(Nc2ccccc2-c2cccc(-c3ccc4oc5cc6oc7ccc(-c8ccc9oc%10ccccc%10c9c8)cc7c6cc5c4c3)c2)cc1. The number of nitrogens with one attached hydrogen (secondary N) is 1. The highest BCUT2D eigenvalue weighted by atomic mass is 16.3. The predicted molar refractivity (Wildman–Crippen MR) is 214 cm³/mol. The van der Waals surface area contributed by atoms with Gasteiger partial charge in [-0.25, -0.2) is 0 Å². The van der Waals surface area contributed by atoms with Crippen LogP contribution in [0, 0.1) is 0 Å². The second-order valence-electron chi connectivity index (χ2n) is 13.4. The summed E-state index contributed by atoms with van der Waals surface area (Å²) < 4.78 is 18.9. The largest absolute Gasteiger partial charge is 0.456 e. The third kappa shape index (κ3) is 4.62. The van der Waals surface area contributed by atoms with Crippen LogP contribution in [0.3, 0.4) is 0 Å². The van der Waals surface area contributed by atoms with Gasteiger partial charge in [0.25, 0.3) is 0 Å². The smallest absolute Gasteiger partial charge is 0.139 e. The van der Waals surface area contributed by atoms with Gasteiger partial charge in [-0.15, -0.1) is 0 Å². The highest BCUT2D eigenvalue weighted by Crippen LogP contribution is 2.41. The lowest BCUT2D eigenvalue weighted by Gasteiger charge is -2.13. The Labute approximate surface area is 298 Å². The molecule has 3 heterocycles. The van der Waals surface area contributed by atoms with Gasteiger partial charge in [-0.3, -0.25) is 0 Å². The first-order valence-electron chi connectivity index (χ1n) is 17.5. The van der Waals surface area contributed by atoms with Crippen molar-refractivity contribution in [3.8, 4) is 33.4 Å². The van der Waals surface area contributed by atoms with Crippen LogP contribution in [0.4, 0.5) is 11.4 Å². The third-order valence-corrected chi connectivity index (χ3v) is 10.3.